The zero-order chi connectivity index (χ0) is 18.8. The highest BCUT2D eigenvalue weighted by molar-refractivity contribution is 14.0. The Hall–Kier alpha value is -0.800. The van der Waals surface area contributed by atoms with Crippen LogP contribution in [0.4, 0.5) is 0 Å². The van der Waals surface area contributed by atoms with Crippen molar-refractivity contribution in [1.82, 2.24) is 15.5 Å². The van der Waals surface area contributed by atoms with Gasteiger partial charge in [-0.05, 0) is 50.9 Å². The Labute approximate surface area is 181 Å². The summed E-state index contributed by atoms with van der Waals surface area (Å²) in [4.78, 5) is 7.42. The average molecular weight is 492 g/mol. The smallest absolute Gasteiger partial charge is 0.191 e. The zero-order valence-corrected chi connectivity index (χ0v) is 19.3. The molecule has 2 atom stereocenters. The molecule has 7 heteroatoms. The predicted molar refractivity (Wildman–Crippen MR) is 122 cm³/mol. The molecule has 1 aliphatic heterocycles. The average Bonchev–Trinajstić information content (AvgIpc) is 3.03. The van der Waals surface area contributed by atoms with Gasteiger partial charge in [-0.25, -0.2) is 0 Å². The number of guanidine groups is 1. The molecule has 156 valence electrons. The number of likely N-dealkylation sites (tertiary alicyclic amines) is 1. The molecule has 0 amide bonds. The highest BCUT2D eigenvalue weighted by Gasteiger charge is 2.22. The van der Waals surface area contributed by atoms with Gasteiger partial charge >= 0.3 is 0 Å². The fraction of sp³-hybridized carbons (Fsp3) is 0.750. The molecule has 1 aromatic heterocycles. The number of nitrogens with zero attached hydrogens (tertiary/aromatic N) is 2. The SMILES string of the molecule is CCNC(=NCC(C(C)C)N1CCCCCC1)NCC(O)c1ccco1.I. The number of nitrogens with one attached hydrogen (secondary N) is 2. The molecular formula is C20H37IN4O2. The number of aliphatic imine (C=N–C) groups is 1. The maximum atomic E-state index is 10.2. The van der Waals surface area contributed by atoms with E-state index < -0.39 is 6.10 Å². The van der Waals surface area contributed by atoms with Crippen LogP contribution in [-0.4, -0.2) is 54.7 Å². The molecule has 0 aliphatic carbocycles. The summed E-state index contributed by atoms with van der Waals surface area (Å²) in [7, 11) is 0. The summed E-state index contributed by atoms with van der Waals surface area (Å²) in [5.74, 6) is 1.88. The van der Waals surface area contributed by atoms with Crippen LogP contribution in [-0.2, 0) is 0 Å². The quantitative estimate of drug-likeness (QED) is 0.295. The van der Waals surface area contributed by atoms with Gasteiger partial charge in [0.2, 0.25) is 0 Å². The molecule has 2 unspecified atom stereocenters. The largest absolute Gasteiger partial charge is 0.467 e. The van der Waals surface area contributed by atoms with Gasteiger partial charge < -0.3 is 20.2 Å². The number of furan rings is 1. The van der Waals surface area contributed by atoms with Crippen molar-refractivity contribution in [1.29, 1.82) is 0 Å². The number of hydrogen-bond acceptors (Lipinski definition) is 4. The predicted octanol–water partition coefficient (Wildman–Crippen LogP) is 3.39. The van der Waals surface area contributed by atoms with Gasteiger partial charge in [-0.3, -0.25) is 9.89 Å². The summed E-state index contributed by atoms with van der Waals surface area (Å²) < 4.78 is 5.25. The minimum atomic E-state index is -0.680. The first-order valence-corrected chi connectivity index (χ1v) is 10.1. The second kappa shape index (κ2) is 13.4. The molecule has 1 aromatic rings. The maximum Gasteiger partial charge on any atom is 0.191 e. The molecule has 0 spiro atoms. The lowest BCUT2D eigenvalue weighted by atomic mass is 10.0. The third-order valence-corrected chi connectivity index (χ3v) is 4.99. The third kappa shape index (κ3) is 8.39. The standard InChI is InChI=1S/C20H36N4O2.HI/c1-4-21-20(23-15-18(25)19-10-9-13-26-19)22-14-17(16(2)3)24-11-7-5-6-8-12-24;/h9-10,13,16-18,25H,4-8,11-12,14-15H2,1-3H3,(H2,21,22,23);1H. The molecule has 3 N–H and O–H groups in total. The molecule has 27 heavy (non-hydrogen) atoms. The highest BCUT2D eigenvalue weighted by Crippen LogP contribution is 2.18. The summed E-state index contributed by atoms with van der Waals surface area (Å²) in [6.07, 6.45) is 6.17. The Bertz CT molecular complexity index is 514. The van der Waals surface area contributed by atoms with Crippen LogP contribution in [0.5, 0.6) is 0 Å². The Morgan fingerprint density at radius 1 is 1.22 bits per heavy atom. The van der Waals surface area contributed by atoms with Crippen molar-refractivity contribution < 1.29 is 9.52 Å². The maximum absolute atomic E-state index is 10.2. The minimum absolute atomic E-state index is 0. The summed E-state index contributed by atoms with van der Waals surface area (Å²) in [6, 6.07) is 4.02. The van der Waals surface area contributed by atoms with E-state index in [1.807, 2.05) is 0 Å². The van der Waals surface area contributed by atoms with Crippen LogP contribution < -0.4 is 10.6 Å². The molecule has 1 saturated heterocycles. The minimum Gasteiger partial charge on any atom is -0.467 e. The molecule has 0 bridgehead atoms. The molecule has 2 heterocycles. The Kier molecular flexibility index (Phi) is 12.0. The number of rotatable bonds is 8. The van der Waals surface area contributed by atoms with Crippen molar-refractivity contribution in [2.24, 2.45) is 10.9 Å². The zero-order valence-electron chi connectivity index (χ0n) is 17.0. The van der Waals surface area contributed by atoms with Gasteiger partial charge in [0.15, 0.2) is 5.96 Å². The van der Waals surface area contributed by atoms with Crippen LogP contribution in [0.3, 0.4) is 0 Å². The summed E-state index contributed by atoms with van der Waals surface area (Å²) in [5, 5.41) is 16.7. The number of aliphatic hydroxyl groups is 1. The van der Waals surface area contributed by atoms with E-state index in [2.05, 4.69) is 36.3 Å². The topological polar surface area (TPSA) is 73.0 Å². The van der Waals surface area contributed by atoms with Crippen LogP contribution in [0.1, 0.15) is 58.3 Å². The van der Waals surface area contributed by atoms with Gasteiger partial charge in [-0.15, -0.1) is 24.0 Å². The monoisotopic (exact) mass is 492 g/mol. The second-order valence-corrected chi connectivity index (χ2v) is 7.39. The summed E-state index contributed by atoms with van der Waals surface area (Å²) in [6.45, 7) is 10.9. The first-order chi connectivity index (χ1) is 12.6. The van der Waals surface area contributed by atoms with Gasteiger partial charge in [0.25, 0.3) is 0 Å². The fourth-order valence-electron chi connectivity index (χ4n) is 3.48. The van der Waals surface area contributed by atoms with Crippen LogP contribution in [0, 0.1) is 5.92 Å². The number of hydrogen-bond donors (Lipinski definition) is 3. The van der Waals surface area contributed by atoms with Gasteiger partial charge in [0.1, 0.15) is 11.9 Å². The summed E-state index contributed by atoms with van der Waals surface area (Å²) in [5.41, 5.74) is 0. The molecule has 2 rings (SSSR count). The Morgan fingerprint density at radius 2 is 1.93 bits per heavy atom. The van der Waals surface area contributed by atoms with Gasteiger partial charge in [0.05, 0.1) is 19.4 Å². The van der Waals surface area contributed by atoms with Crippen molar-refractivity contribution in [2.45, 2.75) is 58.6 Å². The molecule has 1 aliphatic rings. The van der Waals surface area contributed by atoms with E-state index in [0.29, 0.717) is 24.3 Å². The van der Waals surface area contributed by atoms with E-state index in [0.717, 1.165) is 19.0 Å². The van der Waals surface area contributed by atoms with Crippen molar-refractivity contribution in [3.8, 4) is 0 Å². The highest BCUT2D eigenvalue weighted by atomic mass is 127. The second-order valence-electron chi connectivity index (χ2n) is 7.39. The van der Waals surface area contributed by atoms with Gasteiger partial charge in [-0.2, -0.15) is 0 Å². The van der Waals surface area contributed by atoms with E-state index in [4.69, 9.17) is 9.41 Å². The van der Waals surface area contributed by atoms with Crippen molar-refractivity contribution >= 4 is 29.9 Å². The molecule has 0 aromatic carbocycles. The van der Waals surface area contributed by atoms with Crippen LogP contribution in [0.15, 0.2) is 27.8 Å². The number of halogens is 1. The Balaban J connectivity index is 0.00000364. The fourth-order valence-corrected chi connectivity index (χ4v) is 3.48. The molecule has 6 nitrogen and oxygen atoms in total. The first-order valence-electron chi connectivity index (χ1n) is 10.1. The molecule has 0 saturated carbocycles. The van der Waals surface area contributed by atoms with E-state index in [9.17, 15) is 5.11 Å². The van der Waals surface area contributed by atoms with Crippen LogP contribution >= 0.6 is 24.0 Å². The molecule has 1 fully saturated rings. The lowest BCUT2D eigenvalue weighted by Crippen LogP contribution is -2.44. The normalized spacial score (nSPS) is 18.5. The molecule has 0 radical (unpaired) electrons. The van der Waals surface area contributed by atoms with Crippen molar-refractivity contribution in [3.05, 3.63) is 24.2 Å². The Morgan fingerprint density at radius 3 is 2.48 bits per heavy atom. The van der Waals surface area contributed by atoms with Gasteiger partial charge in [0, 0.05) is 12.6 Å². The first kappa shape index (κ1) is 24.2. The van der Waals surface area contributed by atoms with E-state index in [1.54, 1.807) is 18.4 Å². The van der Waals surface area contributed by atoms with Crippen LogP contribution in [0.25, 0.3) is 0 Å². The van der Waals surface area contributed by atoms with E-state index >= 15 is 0 Å². The lowest BCUT2D eigenvalue weighted by molar-refractivity contribution is 0.152. The van der Waals surface area contributed by atoms with Gasteiger partial charge in [-0.1, -0.05) is 26.7 Å². The van der Waals surface area contributed by atoms with E-state index in [1.165, 1.54) is 38.8 Å². The third-order valence-electron chi connectivity index (χ3n) is 4.99. The lowest BCUT2D eigenvalue weighted by Gasteiger charge is -2.32. The number of aliphatic hydroxyl groups excluding tert-OH is 1. The van der Waals surface area contributed by atoms with Crippen LogP contribution in [0.2, 0.25) is 0 Å². The van der Waals surface area contributed by atoms with E-state index in [-0.39, 0.29) is 24.0 Å². The summed E-state index contributed by atoms with van der Waals surface area (Å²) >= 11 is 0. The van der Waals surface area contributed by atoms with Crippen molar-refractivity contribution in [3.63, 3.8) is 0 Å². The molecular weight excluding hydrogens is 455 g/mol. The van der Waals surface area contributed by atoms with Crippen molar-refractivity contribution in [2.75, 3.05) is 32.7 Å².